The molecule has 7 heteroatoms. The maximum Gasteiger partial charge on any atom is 0.243 e. The third kappa shape index (κ3) is 4.02. The number of carbonyl (C=O) groups is 1. The van der Waals surface area contributed by atoms with Gasteiger partial charge in [0.25, 0.3) is 0 Å². The van der Waals surface area contributed by atoms with Crippen LogP contribution in [0.1, 0.15) is 24.8 Å². The third-order valence-electron chi connectivity index (χ3n) is 5.24. The Morgan fingerprint density at radius 1 is 1.10 bits per heavy atom. The summed E-state index contributed by atoms with van der Waals surface area (Å²) in [5.41, 5.74) is 2.39. The highest BCUT2D eigenvalue weighted by molar-refractivity contribution is 7.89. The summed E-state index contributed by atoms with van der Waals surface area (Å²) in [5, 5.41) is 3.77. The predicted molar refractivity (Wildman–Crippen MR) is 113 cm³/mol. The Morgan fingerprint density at radius 3 is 2.66 bits per heavy atom. The average molecular weight is 410 g/mol. The first-order chi connectivity index (χ1) is 13.9. The van der Waals surface area contributed by atoms with Gasteiger partial charge in [0, 0.05) is 11.9 Å². The first-order valence-electron chi connectivity index (χ1n) is 9.69. The Bertz CT molecular complexity index is 1140. The van der Waals surface area contributed by atoms with E-state index in [1.165, 1.54) is 4.31 Å². The minimum absolute atomic E-state index is 0.218. The van der Waals surface area contributed by atoms with Crippen LogP contribution in [0.4, 0.5) is 5.69 Å². The molecule has 1 fully saturated rings. The van der Waals surface area contributed by atoms with Crippen molar-refractivity contribution in [3.8, 4) is 0 Å². The van der Waals surface area contributed by atoms with Gasteiger partial charge in [-0.1, -0.05) is 42.3 Å². The van der Waals surface area contributed by atoms with Gasteiger partial charge in [-0.05, 0) is 44.0 Å². The fourth-order valence-electron chi connectivity index (χ4n) is 3.67. The summed E-state index contributed by atoms with van der Waals surface area (Å²) >= 11 is 0. The van der Waals surface area contributed by atoms with Crippen molar-refractivity contribution in [1.82, 2.24) is 9.29 Å². The quantitative estimate of drug-likeness (QED) is 0.712. The summed E-state index contributed by atoms with van der Waals surface area (Å²) in [7, 11) is -3.74. The Balaban J connectivity index is 1.59. The number of carbonyl (C=O) groups excluding carboxylic acids is 1. The van der Waals surface area contributed by atoms with Crippen molar-refractivity contribution in [3.05, 3.63) is 66.4 Å². The number of rotatable bonds is 4. The van der Waals surface area contributed by atoms with E-state index in [4.69, 9.17) is 0 Å². The fraction of sp³-hybridized carbons (Fsp3) is 0.273. The number of amides is 1. The van der Waals surface area contributed by atoms with Crippen LogP contribution >= 0.6 is 0 Å². The normalized spacial score (nSPS) is 17.9. The zero-order valence-corrected chi connectivity index (χ0v) is 17.0. The van der Waals surface area contributed by atoms with Crippen LogP contribution in [0.3, 0.4) is 0 Å². The van der Waals surface area contributed by atoms with Gasteiger partial charge in [0.2, 0.25) is 15.9 Å². The highest BCUT2D eigenvalue weighted by atomic mass is 32.2. The van der Waals surface area contributed by atoms with Crippen LogP contribution in [0.15, 0.2) is 65.7 Å². The molecule has 0 aliphatic carbocycles. The Hall–Kier alpha value is -2.77. The van der Waals surface area contributed by atoms with Crippen LogP contribution in [0.2, 0.25) is 0 Å². The van der Waals surface area contributed by atoms with Gasteiger partial charge in [0.1, 0.15) is 6.04 Å². The SMILES string of the molecule is Cc1ccc(S(=O)(=O)N2CCCC[C@@H]2C(=O)Nc2cnc3ccccc3c2)cc1. The number of nitrogens with one attached hydrogen (secondary N) is 1. The molecule has 2 heterocycles. The smallest absolute Gasteiger partial charge is 0.243 e. The Kier molecular flexibility index (Phi) is 5.34. The van der Waals surface area contributed by atoms with E-state index in [1.807, 2.05) is 37.3 Å². The lowest BCUT2D eigenvalue weighted by Crippen LogP contribution is -2.49. The molecule has 6 nitrogen and oxygen atoms in total. The van der Waals surface area contributed by atoms with Gasteiger partial charge in [0.15, 0.2) is 0 Å². The van der Waals surface area contributed by atoms with E-state index in [0.29, 0.717) is 18.7 Å². The number of hydrogen-bond acceptors (Lipinski definition) is 4. The van der Waals surface area contributed by atoms with Gasteiger partial charge in [-0.2, -0.15) is 4.31 Å². The molecule has 2 aromatic carbocycles. The second-order valence-corrected chi connectivity index (χ2v) is 9.24. The molecule has 150 valence electrons. The molecular formula is C22H23N3O3S. The molecule has 1 N–H and O–H groups in total. The number of aromatic nitrogens is 1. The van der Waals surface area contributed by atoms with Crippen molar-refractivity contribution >= 4 is 32.5 Å². The van der Waals surface area contributed by atoms with Crippen molar-refractivity contribution in [2.75, 3.05) is 11.9 Å². The van der Waals surface area contributed by atoms with Crippen molar-refractivity contribution in [2.24, 2.45) is 0 Å². The van der Waals surface area contributed by atoms with E-state index >= 15 is 0 Å². The van der Waals surface area contributed by atoms with Gasteiger partial charge in [0.05, 0.1) is 22.3 Å². The highest BCUT2D eigenvalue weighted by Gasteiger charge is 2.37. The number of para-hydroxylation sites is 1. The molecule has 0 saturated carbocycles. The summed E-state index contributed by atoms with van der Waals surface area (Å²) < 4.78 is 27.7. The van der Waals surface area contributed by atoms with Crippen molar-refractivity contribution in [3.63, 3.8) is 0 Å². The molecule has 1 atom stereocenters. The number of piperidine rings is 1. The lowest BCUT2D eigenvalue weighted by atomic mass is 10.0. The zero-order chi connectivity index (χ0) is 20.4. The maximum atomic E-state index is 13.2. The molecular weight excluding hydrogens is 386 g/mol. The molecule has 1 aliphatic heterocycles. The largest absolute Gasteiger partial charge is 0.323 e. The molecule has 1 saturated heterocycles. The molecule has 0 spiro atoms. The van der Waals surface area contributed by atoms with Crippen LogP contribution in [-0.2, 0) is 14.8 Å². The molecule has 4 rings (SSSR count). The van der Waals surface area contributed by atoms with Crippen molar-refractivity contribution in [1.29, 1.82) is 0 Å². The van der Waals surface area contributed by atoms with Crippen molar-refractivity contribution in [2.45, 2.75) is 37.1 Å². The van der Waals surface area contributed by atoms with Crippen LogP contribution < -0.4 is 5.32 Å². The summed E-state index contributed by atoms with van der Waals surface area (Å²) in [6.07, 6.45) is 3.65. The standard InChI is InChI=1S/C22H23N3O3S/c1-16-9-11-19(12-10-16)29(27,28)25-13-5-4-8-21(25)22(26)24-18-14-17-6-2-3-7-20(17)23-15-18/h2-3,6-7,9-12,14-15,21H,4-5,8,13H2,1H3,(H,24,26)/t21-/m1/s1. The number of benzene rings is 2. The molecule has 0 radical (unpaired) electrons. The van der Waals surface area contributed by atoms with Crippen LogP contribution in [0.25, 0.3) is 10.9 Å². The van der Waals surface area contributed by atoms with Gasteiger partial charge in [-0.3, -0.25) is 9.78 Å². The van der Waals surface area contributed by atoms with E-state index in [2.05, 4.69) is 10.3 Å². The number of fused-ring (bicyclic) bond motifs is 1. The molecule has 3 aromatic rings. The fourth-order valence-corrected chi connectivity index (χ4v) is 5.32. The minimum atomic E-state index is -3.74. The highest BCUT2D eigenvalue weighted by Crippen LogP contribution is 2.27. The third-order valence-corrected chi connectivity index (χ3v) is 7.16. The number of aryl methyl sites for hydroxylation is 1. The topological polar surface area (TPSA) is 79.4 Å². The van der Waals surface area contributed by atoms with Gasteiger partial charge in [-0.15, -0.1) is 0 Å². The lowest BCUT2D eigenvalue weighted by molar-refractivity contribution is -0.120. The number of anilines is 1. The van der Waals surface area contributed by atoms with Crippen LogP contribution in [0, 0.1) is 6.92 Å². The molecule has 1 aromatic heterocycles. The monoisotopic (exact) mass is 409 g/mol. The van der Waals surface area contributed by atoms with Gasteiger partial charge in [-0.25, -0.2) is 8.42 Å². The van der Waals surface area contributed by atoms with Gasteiger partial charge >= 0.3 is 0 Å². The summed E-state index contributed by atoms with van der Waals surface area (Å²) in [6, 6.07) is 15.5. The van der Waals surface area contributed by atoms with E-state index < -0.39 is 16.1 Å². The first-order valence-corrected chi connectivity index (χ1v) is 11.1. The predicted octanol–water partition coefficient (Wildman–Crippen LogP) is 3.73. The van der Waals surface area contributed by atoms with E-state index in [9.17, 15) is 13.2 Å². The molecule has 1 aliphatic rings. The number of nitrogens with zero attached hydrogens (tertiary/aromatic N) is 2. The Labute approximate surface area is 170 Å². The lowest BCUT2D eigenvalue weighted by Gasteiger charge is -2.33. The number of hydrogen-bond donors (Lipinski definition) is 1. The molecule has 0 unspecified atom stereocenters. The average Bonchev–Trinajstić information content (AvgIpc) is 2.74. The summed E-state index contributed by atoms with van der Waals surface area (Å²) in [6.45, 7) is 2.25. The summed E-state index contributed by atoms with van der Waals surface area (Å²) in [4.78, 5) is 17.6. The summed E-state index contributed by atoms with van der Waals surface area (Å²) in [5.74, 6) is -0.322. The van der Waals surface area contributed by atoms with Crippen LogP contribution in [0.5, 0.6) is 0 Å². The molecule has 0 bridgehead atoms. The second-order valence-electron chi connectivity index (χ2n) is 7.35. The second kappa shape index (κ2) is 7.93. The number of sulfonamides is 1. The molecule has 29 heavy (non-hydrogen) atoms. The van der Waals surface area contributed by atoms with E-state index in [1.54, 1.807) is 30.5 Å². The van der Waals surface area contributed by atoms with Gasteiger partial charge < -0.3 is 5.32 Å². The molecule has 1 amide bonds. The number of pyridine rings is 1. The minimum Gasteiger partial charge on any atom is -0.323 e. The zero-order valence-electron chi connectivity index (χ0n) is 16.2. The van der Waals surface area contributed by atoms with E-state index in [-0.39, 0.29) is 10.8 Å². The van der Waals surface area contributed by atoms with Crippen molar-refractivity contribution < 1.29 is 13.2 Å². The first kappa shape index (κ1) is 19.5. The van der Waals surface area contributed by atoms with Crippen LogP contribution in [-0.4, -0.2) is 36.2 Å². The van der Waals surface area contributed by atoms with E-state index in [0.717, 1.165) is 29.3 Å². The maximum absolute atomic E-state index is 13.2. The Morgan fingerprint density at radius 2 is 1.86 bits per heavy atom.